The Morgan fingerprint density at radius 3 is 2.45 bits per heavy atom. The molecule has 33 heavy (non-hydrogen) atoms. The second kappa shape index (κ2) is 7.95. The van der Waals surface area contributed by atoms with Crippen LogP contribution in [0.3, 0.4) is 0 Å². The minimum Gasteiger partial charge on any atom is -0.339 e. The molecule has 0 fully saturated rings. The van der Waals surface area contributed by atoms with E-state index < -0.39 is 21.7 Å². The van der Waals surface area contributed by atoms with Gasteiger partial charge in [0.25, 0.3) is 15.9 Å². The number of aromatic nitrogens is 3. The average molecular weight is 462 g/mol. The summed E-state index contributed by atoms with van der Waals surface area (Å²) in [5.41, 5.74) is 1.86. The van der Waals surface area contributed by atoms with E-state index in [2.05, 4.69) is 25.1 Å². The van der Waals surface area contributed by atoms with Crippen LogP contribution in [0.2, 0.25) is 0 Å². The highest BCUT2D eigenvalue weighted by Crippen LogP contribution is 2.27. The molecule has 0 atom stereocenters. The average Bonchev–Trinajstić information content (AvgIpc) is 3.41. The largest absolute Gasteiger partial charge is 0.339 e. The van der Waals surface area contributed by atoms with Crippen LogP contribution in [0.5, 0.6) is 0 Å². The summed E-state index contributed by atoms with van der Waals surface area (Å²) in [6, 6.07) is 17.1. The van der Waals surface area contributed by atoms with Gasteiger partial charge in [-0.05, 0) is 54.6 Å². The molecule has 2 heterocycles. The Hall–Kier alpha value is -4.38. The van der Waals surface area contributed by atoms with Gasteiger partial charge in [-0.3, -0.25) is 4.79 Å². The Kier molecular flexibility index (Phi) is 4.94. The number of halogens is 1. The first-order valence-corrected chi connectivity index (χ1v) is 11.1. The van der Waals surface area contributed by atoms with Crippen molar-refractivity contribution in [2.75, 3.05) is 10.6 Å². The number of carbonyl (C=O) groups is 1. The zero-order valence-electron chi connectivity index (χ0n) is 16.8. The van der Waals surface area contributed by atoms with Gasteiger partial charge in [0.2, 0.25) is 0 Å². The SMILES string of the molecule is O=C(Nc1ccc(-n2cncn2)c(F)c1)c1ccc(NC2=NS(=O)(=O)c3ccccc32)cc1. The van der Waals surface area contributed by atoms with Crippen LogP contribution in [0.25, 0.3) is 5.69 Å². The van der Waals surface area contributed by atoms with Gasteiger partial charge in [-0.15, -0.1) is 4.40 Å². The second-order valence-corrected chi connectivity index (χ2v) is 8.65. The lowest BCUT2D eigenvalue weighted by molar-refractivity contribution is 0.102. The maximum Gasteiger partial charge on any atom is 0.285 e. The molecule has 4 aromatic rings. The molecule has 0 unspecified atom stereocenters. The van der Waals surface area contributed by atoms with Crippen LogP contribution in [-0.2, 0) is 10.0 Å². The van der Waals surface area contributed by atoms with Gasteiger partial charge in [0.15, 0.2) is 11.7 Å². The Balaban J connectivity index is 1.29. The predicted molar refractivity (Wildman–Crippen MR) is 119 cm³/mol. The molecular weight excluding hydrogens is 447 g/mol. The van der Waals surface area contributed by atoms with E-state index in [4.69, 9.17) is 0 Å². The fourth-order valence-electron chi connectivity index (χ4n) is 3.34. The minimum absolute atomic E-state index is 0.144. The van der Waals surface area contributed by atoms with Gasteiger partial charge in [0.1, 0.15) is 23.2 Å². The maximum absolute atomic E-state index is 14.4. The van der Waals surface area contributed by atoms with E-state index in [9.17, 15) is 17.6 Å². The van der Waals surface area contributed by atoms with Crippen molar-refractivity contribution in [1.82, 2.24) is 14.8 Å². The smallest absolute Gasteiger partial charge is 0.285 e. The molecule has 1 aliphatic heterocycles. The molecule has 0 bridgehead atoms. The molecule has 1 aliphatic rings. The van der Waals surface area contributed by atoms with E-state index in [0.717, 1.165) is 0 Å². The number of carbonyl (C=O) groups excluding carboxylic acids is 1. The Bertz CT molecular complexity index is 1500. The molecule has 164 valence electrons. The van der Waals surface area contributed by atoms with E-state index in [1.54, 1.807) is 48.5 Å². The molecule has 0 aliphatic carbocycles. The highest BCUT2D eigenvalue weighted by molar-refractivity contribution is 7.90. The van der Waals surface area contributed by atoms with Crippen LogP contribution in [0.15, 0.2) is 88.7 Å². The summed E-state index contributed by atoms with van der Waals surface area (Å²) in [6.45, 7) is 0. The molecule has 1 amide bonds. The highest BCUT2D eigenvalue weighted by atomic mass is 32.2. The minimum atomic E-state index is -3.73. The zero-order valence-corrected chi connectivity index (χ0v) is 17.6. The van der Waals surface area contributed by atoms with Gasteiger partial charge in [-0.25, -0.2) is 14.1 Å². The van der Waals surface area contributed by atoms with Gasteiger partial charge < -0.3 is 10.6 Å². The molecule has 5 rings (SSSR count). The number of nitrogens with one attached hydrogen (secondary N) is 2. The van der Waals surface area contributed by atoms with E-state index in [0.29, 0.717) is 16.8 Å². The number of amidine groups is 1. The summed E-state index contributed by atoms with van der Waals surface area (Å²) in [5, 5.41) is 9.49. The molecule has 0 spiro atoms. The molecule has 1 aromatic heterocycles. The summed E-state index contributed by atoms with van der Waals surface area (Å²) in [7, 11) is -3.73. The monoisotopic (exact) mass is 462 g/mol. The molecule has 0 saturated carbocycles. The summed E-state index contributed by atoms with van der Waals surface area (Å²) >= 11 is 0. The molecule has 0 saturated heterocycles. The van der Waals surface area contributed by atoms with Crippen LogP contribution in [0.4, 0.5) is 15.8 Å². The molecular formula is C22H15FN6O3S. The highest BCUT2D eigenvalue weighted by Gasteiger charge is 2.28. The molecule has 2 N–H and O–H groups in total. The first kappa shape index (κ1) is 20.5. The van der Waals surface area contributed by atoms with Crippen molar-refractivity contribution < 1.29 is 17.6 Å². The van der Waals surface area contributed by atoms with Gasteiger partial charge >= 0.3 is 0 Å². The Labute approximate surface area is 187 Å². The lowest BCUT2D eigenvalue weighted by atomic mass is 10.1. The number of fused-ring (bicyclic) bond motifs is 1. The number of hydrogen-bond donors (Lipinski definition) is 2. The van der Waals surface area contributed by atoms with Crippen LogP contribution in [0, 0.1) is 5.82 Å². The van der Waals surface area contributed by atoms with Crippen molar-refractivity contribution in [3.8, 4) is 5.69 Å². The number of anilines is 2. The first-order valence-electron chi connectivity index (χ1n) is 9.68. The summed E-state index contributed by atoms with van der Waals surface area (Å²) in [4.78, 5) is 16.5. The quantitative estimate of drug-likeness (QED) is 0.481. The number of nitrogens with zero attached hydrogens (tertiary/aromatic N) is 4. The molecule has 11 heteroatoms. The van der Waals surface area contributed by atoms with Crippen molar-refractivity contribution in [1.29, 1.82) is 0 Å². The third-order valence-electron chi connectivity index (χ3n) is 4.91. The number of sulfonamides is 1. The predicted octanol–water partition coefficient (Wildman–Crippen LogP) is 3.22. The third-order valence-corrected chi connectivity index (χ3v) is 6.25. The summed E-state index contributed by atoms with van der Waals surface area (Å²) in [5.74, 6) is -0.781. The van der Waals surface area contributed by atoms with Crippen LogP contribution in [0.1, 0.15) is 15.9 Å². The van der Waals surface area contributed by atoms with Crippen molar-refractivity contribution in [3.05, 3.63) is 96.3 Å². The fraction of sp³-hybridized carbons (Fsp3) is 0. The van der Waals surface area contributed by atoms with Crippen molar-refractivity contribution in [2.45, 2.75) is 4.90 Å². The Morgan fingerprint density at radius 2 is 1.73 bits per heavy atom. The van der Waals surface area contributed by atoms with Crippen LogP contribution < -0.4 is 10.6 Å². The van der Waals surface area contributed by atoms with E-state index in [1.165, 1.54) is 35.5 Å². The summed E-state index contributed by atoms with van der Waals surface area (Å²) in [6.07, 6.45) is 2.67. The standard InChI is InChI=1S/C22H15FN6O3S/c23-18-11-16(9-10-19(18)29-13-24-12-25-29)27-22(30)14-5-7-15(8-6-14)26-21-17-3-1-2-4-20(17)33(31,32)28-21/h1-13H,(H,26,28)(H,27,30). The van der Waals surface area contributed by atoms with Crippen LogP contribution >= 0.6 is 0 Å². The maximum atomic E-state index is 14.4. The van der Waals surface area contributed by atoms with Crippen molar-refractivity contribution in [3.63, 3.8) is 0 Å². The molecule has 9 nitrogen and oxygen atoms in total. The number of hydrogen-bond acceptors (Lipinski definition) is 6. The third kappa shape index (κ3) is 3.96. The molecule has 3 aromatic carbocycles. The summed E-state index contributed by atoms with van der Waals surface area (Å²) < 4.78 is 43.8. The lowest BCUT2D eigenvalue weighted by Gasteiger charge is -2.09. The number of benzene rings is 3. The van der Waals surface area contributed by atoms with E-state index in [-0.39, 0.29) is 22.1 Å². The molecule has 0 radical (unpaired) electrons. The van der Waals surface area contributed by atoms with Crippen LogP contribution in [-0.4, -0.2) is 34.9 Å². The van der Waals surface area contributed by atoms with Gasteiger partial charge in [0, 0.05) is 22.5 Å². The number of rotatable bonds is 4. The second-order valence-electron chi connectivity index (χ2n) is 7.07. The Morgan fingerprint density at radius 1 is 0.970 bits per heavy atom. The first-order chi connectivity index (χ1) is 15.9. The van der Waals surface area contributed by atoms with Gasteiger partial charge in [0.05, 0.1) is 0 Å². The van der Waals surface area contributed by atoms with E-state index >= 15 is 0 Å². The zero-order chi connectivity index (χ0) is 23.0. The topological polar surface area (TPSA) is 118 Å². The van der Waals surface area contributed by atoms with Gasteiger partial charge in [-0.1, -0.05) is 12.1 Å². The fourth-order valence-corrected chi connectivity index (χ4v) is 4.52. The normalized spacial score (nSPS) is 13.8. The van der Waals surface area contributed by atoms with Crippen molar-refractivity contribution in [2.24, 2.45) is 4.40 Å². The van der Waals surface area contributed by atoms with Gasteiger partial charge in [-0.2, -0.15) is 13.5 Å². The van der Waals surface area contributed by atoms with Crippen molar-refractivity contribution >= 4 is 33.1 Å². The number of amides is 1. The van der Waals surface area contributed by atoms with E-state index in [1.807, 2.05) is 0 Å². The lowest BCUT2D eigenvalue weighted by Crippen LogP contribution is -2.14.